The monoisotopic (exact) mass is 266 g/mol. The van der Waals surface area contributed by atoms with E-state index in [0.717, 1.165) is 11.1 Å². The maximum absolute atomic E-state index is 11.9. The minimum atomic E-state index is -1.63. The molecule has 1 N–H and O–H groups in total. The summed E-state index contributed by atoms with van der Waals surface area (Å²) in [5, 5.41) is 10.7. The maximum Gasteiger partial charge on any atom is 0.347 e. The highest BCUT2D eigenvalue weighted by molar-refractivity contribution is 6.30. The number of esters is 1. The molecule has 0 saturated carbocycles. The van der Waals surface area contributed by atoms with E-state index < -0.39 is 11.6 Å². The van der Waals surface area contributed by atoms with E-state index in [1.807, 2.05) is 60.7 Å². The summed E-state index contributed by atoms with van der Waals surface area (Å²) in [5.74, 6) is -0.643. The Labute approximate surface area is 117 Å². The van der Waals surface area contributed by atoms with E-state index in [-0.39, 0.29) is 0 Å². The van der Waals surface area contributed by atoms with Crippen LogP contribution in [0.15, 0.2) is 60.7 Å². The number of aliphatic hydroxyl groups is 1. The van der Waals surface area contributed by atoms with Gasteiger partial charge in [0.15, 0.2) is 0 Å². The summed E-state index contributed by atoms with van der Waals surface area (Å²) >= 11 is 0. The van der Waals surface area contributed by atoms with Crippen molar-refractivity contribution in [3.05, 3.63) is 71.8 Å². The number of hydrogen-bond acceptors (Lipinski definition) is 3. The van der Waals surface area contributed by atoms with Gasteiger partial charge in [0.1, 0.15) is 0 Å². The Hall–Kier alpha value is -2.39. The fourth-order valence-electron chi connectivity index (χ4n) is 2.54. The molecule has 3 nitrogen and oxygen atoms in total. The second kappa shape index (κ2) is 4.62. The first-order valence-corrected chi connectivity index (χ1v) is 6.36. The largest absolute Gasteiger partial charge is 0.466 e. The van der Waals surface area contributed by atoms with E-state index in [1.54, 1.807) is 0 Å². The fourth-order valence-corrected chi connectivity index (χ4v) is 2.54. The second-order valence-corrected chi connectivity index (χ2v) is 4.68. The van der Waals surface area contributed by atoms with Crippen LogP contribution in [0.5, 0.6) is 0 Å². The van der Waals surface area contributed by atoms with Crippen LogP contribution < -0.4 is 0 Å². The molecule has 1 aliphatic carbocycles. The van der Waals surface area contributed by atoms with Gasteiger partial charge in [-0.2, -0.15) is 0 Å². The van der Waals surface area contributed by atoms with Gasteiger partial charge in [0.25, 0.3) is 0 Å². The number of benzene rings is 2. The normalized spacial score (nSPS) is 15.9. The average molecular weight is 266 g/mol. The lowest BCUT2D eigenvalue weighted by Gasteiger charge is -2.10. The highest BCUT2D eigenvalue weighted by Gasteiger charge is 2.60. The Morgan fingerprint density at radius 1 is 0.900 bits per heavy atom. The van der Waals surface area contributed by atoms with Gasteiger partial charge in [0, 0.05) is 11.1 Å². The highest BCUT2D eigenvalue weighted by Crippen LogP contribution is 2.56. The third-order valence-corrected chi connectivity index (χ3v) is 3.52. The molecule has 0 aliphatic heterocycles. The molecule has 100 valence electrons. The number of carbonyl (C=O) groups excluding carboxylic acids is 1. The molecule has 0 fully saturated rings. The molecular weight excluding hydrogens is 252 g/mol. The summed E-state index contributed by atoms with van der Waals surface area (Å²) in [4.78, 5) is 11.9. The zero-order valence-corrected chi connectivity index (χ0v) is 11.0. The Morgan fingerprint density at radius 2 is 1.30 bits per heavy atom. The lowest BCUT2D eigenvalue weighted by molar-refractivity contribution is -0.149. The SMILES string of the molecule is COC(=O)C1(O)C(c2ccccc2)=C1c1ccccc1. The van der Waals surface area contributed by atoms with Gasteiger partial charge in [-0.05, 0) is 11.1 Å². The van der Waals surface area contributed by atoms with Crippen molar-refractivity contribution in [1.82, 2.24) is 0 Å². The molecule has 2 aromatic rings. The van der Waals surface area contributed by atoms with Gasteiger partial charge in [-0.3, -0.25) is 0 Å². The van der Waals surface area contributed by atoms with Crippen molar-refractivity contribution in [3.63, 3.8) is 0 Å². The van der Waals surface area contributed by atoms with E-state index in [0.29, 0.717) is 11.1 Å². The van der Waals surface area contributed by atoms with Crippen LogP contribution in [-0.2, 0) is 9.53 Å². The van der Waals surface area contributed by atoms with Crippen LogP contribution in [-0.4, -0.2) is 23.8 Å². The molecule has 1 aliphatic rings. The summed E-state index contributed by atoms with van der Waals surface area (Å²) in [6.07, 6.45) is 0. The predicted octanol–water partition coefficient (Wildman–Crippen LogP) is 2.52. The maximum atomic E-state index is 11.9. The molecule has 0 unspecified atom stereocenters. The van der Waals surface area contributed by atoms with Crippen molar-refractivity contribution in [2.45, 2.75) is 5.60 Å². The minimum absolute atomic E-state index is 0.621. The Bertz CT molecular complexity index is 622. The molecule has 3 rings (SSSR count). The number of rotatable bonds is 3. The Balaban J connectivity index is 2.11. The third-order valence-electron chi connectivity index (χ3n) is 3.52. The molecule has 20 heavy (non-hydrogen) atoms. The molecule has 0 radical (unpaired) electrons. The lowest BCUT2D eigenvalue weighted by Crippen LogP contribution is -2.28. The summed E-state index contributed by atoms with van der Waals surface area (Å²) in [7, 11) is 1.28. The van der Waals surface area contributed by atoms with Crippen molar-refractivity contribution >= 4 is 17.1 Å². The minimum Gasteiger partial charge on any atom is -0.466 e. The first-order chi connectivity index (χ1) is 9.69. The number of methoxy groups -OCH3 is 1. The Kier molecular flexibility index (Phi) is 2.92. The van der Waals surface area contributed by atoms with Crippen LogP contribution in [0, 0.1) is 0 Å². The Morgan fingerprint density at radius 3 is 1.65 bits per heavy atom. The van der Waals surface area contributed by atoms with Crippen LogP contribution in [0.25, 0.3) is 11.1 Å². The zero-order chi connectivity index (χ0) is 14.2. The van der Waals surface area contributed by atoms with Gasteiger partial charge in [-0.15, -0.1) is 0 Å². The highest BCUT2D eigenvalue weighted by atomic mass is 16.5. The average Bonchev–Trinajstić information content (AvgIpc) is 3.15. The van der Waals surface area contributed by atoms with Crippen LogP contribution in [0.4, 0.5) is 0 Å². The smallest absolute Gasteiger partial charge is 0.347 e. The second-order valence-electron chi connectivity index (χ2n) is 4.68. The van der Waals surface area contributed by atoms with E-state index in [4.69, 9.17) is 4.74 Å². The molecule has 0 saturated heterocycles. The zero-order valence-electron chi connectivity index (χ0n) is 11.0. The van der Waals surface area contributed by atoms with Gasteiger partial charge in [0.05, 0.1) is 7.11 Å². The first-order valence-electron chi connectivity index (χ1n) is 6.36. The molecule has 3 heteroatoms. The molecule has 2 aromatic carbocycles. The van der Waals surface area contributed by atoms with E-state index in [9.17, 15) is 9.90 Å². The van der Waals surface area contributed by atoms with Crippen molar-refractivity contribution in [3.8, 4) is 0 Å². The molecule has 0 heterocycles. The predicted molar refractivity (Wildman–Crippen MR) is 76.7 cm³/mol. The van der Waals surface area contributed by atoms with Crippen molar-refractivity contribution in [2.24, 2.45) is 0 Å². The van der Waals surface area contributed by atoms with Crippen molar-refractivity contribution < 1.29 is 14.6 Å². The van der Waals surface area contributed by atoms with Crippen LogP contribution >= 0.6 is 0 Å². The van der Waals surface area contributed by atoms with Gasteiger partial charge in [-0.25, -0.2) is 4.79 Å². The van der Waals surface area contributed by atoms with Crippen molar-refractivity contribution in [1.29, 1.82) is 0 Å². The van der Waals surface area contributed by atoms with Crippen LogP contribution in [0.3, 0.4) is 0 Å². The quantitative estimate of drug-likeness (QED) is 0.868. The number of carbonyl (C=O) groups is 1. The fraction of sp³-hybridized carbons (Fsp3) is 0.118. The summed E-state index contributed by atoms with van der Waals surface area (Å²) in [5.41, 5.74) is 1.28. The molecule has 0 atom stereocenters. The van der Waals surface area contributed by atoms with Crippen LogP contribution in [0.1, 0.15) is 11.1 Å². The molecule has 0 amide bonds. The van der Waals surface area contributed by atoms with Crippen LogP contribution in [0.2, 0.25) is 0 Å². The number of hydrogen-bond donors (Lipinski definition) is 1. The van der Waals surface area contributed by atoms with Gasteiger partial charge in [0.2, 0.25) is 5.60 Å². The molecule has 0 bridgehead atoms. The standard InChI is InChI=1S/C17H14O3/c1-20-16(18)17(19)14(12-8-4-2-5-9-12)15(17)13-10-6-3-7-11-13/h2-11,19H,1H3. The molecule has 0 aromatic heterocycles. The summed E-state index contributed by atoms with van der Waals surface area (Å²) in [6.45, 7) is 0. The number of ether oxygens (including phenoxy) is 1. The summed E-state index contributed by atoms with van der Waals surface area (Å²) < 4.78 is 4.75. The van der Waals surface area contributed by atoms with Gasteiger partial charge >= 0.3 is 5.97 Å². The van der Waals surface area contributed by atoms with Crippen molar-refractivity contribution in [2.75, 3.05) is 7.11 Å². The van der Waals surface area contributed by atoms with E-state index >= 15 is 0 Å². The van der Waals surface area contributed by atoms with E-state index in [1.165, 1.54) is 7.11 Å². The van der Waals surface area contributed by atoms with Gasteiger partial charge < -0.3 is 9.84 Å². The third kappa shape index (κ3) is 1.75. The summed E-state index contributed by atoms with van der Waals surface area (Å²) in [6, 6.07) is 18.8. The van der Waals surface area contributed by atoms with E-state index in [2.05, 4.69) is 0 Å². The van der Waals surface area contributed by atoms with Gasteiger partial charge in [-0.1, -0.05) is 60.7 Å². The lowest BCUT2D eigenvalue weighted by atomic mass is 10.1. The molecule has 0 spiro atoms. The topological polar surface area (TPSA) is 46.5 Å². The molecular formula is C17H14O3. The first kappa shape index (κ1) is 12.6.